The molecule has 1 N–H and O–H groups in total. The van der Waals surface area contributed by atoms with Crippen LogP contribution in [0.3, 0.4) is 0 Å². The molecule has 0 aromatic heterocycles. The van der Waals surface area contributed by atoms with Crippen LogP contribution in [0.2, 0.25) is 0 Å². The second-order valence-electron chi connectivity index (χ2n) is 13.2. The zero-order valence-corrected chi connectivity index (χ0v) is 22.3. The number of hydrogen-bond donors (Lipinski definition) is 1. The maximum Gasteiger partial charge on any atom is 0.426 e. The summed E-state index contributed by atoms with van der Waals surface area (Å²) in [6.45, 7) is 14.3. The van der Waals surface area contributed by atoms with E-state index in [1.807, 2.05) is 34.6 Å². The Morgan fingerprint density at radius 2 is 1.10 bits per heavy atom. The van der Waals surface area contributed by atoms with Gasteiger partial charge in [-0.05, 0) is 106 Å². The number of aliphatic hydroxyl groups is 1. The number of fused-ring (bicyclic) bond motifs is 4. The van der Waals surface area contributed by atoms with Crippen molar-refractivity contribution in [1.29, 1.82) is 0 Å². The van der Waals surface area contributed by atoms with Crippen LogP contribution in [0.15, 0.2) is 0 Å². The van der Waals surface area contributed by atoms with Gasteiger partial charge in [0.15, 0.2) is 0 Å². The molecule has 4 bridgehead atoms. The van der Waals surface area contributed by atoms with E-state index in [2.05, 4.69) is 13.8 Å². The molecule has 9 heteroatoms. The van der Waals surface area contributed by atoms with Crippen molar-refractivity contribution >= 4 is 5.97 Å². The summed E-state index contributed by atoms with van der Waals surface area (Å²) in [7, 11) is 0. The van der Waals surface area contributed by atoms with Crippen LogP contribution in [0.1, 0.15) is 110 Å². The van der Waals surface area contributed by atoms with Gasteiger partial charge in [-0.15, -0.1) is 0 Å². The predicted molar refractivity (Wildman–Crippen MR) is 151 cm³/mol. The zero-order valence-electron chi connectivity index (χ0n) is 22.3. The number of alkyl halides is 6. The molecule has 0 spiro atoms. The number of carbonyl (C=O) groups is 1. The Morgan fingerprint density at radius 1 is 0.700 bits per heavy atom. The monoisotopic (exact) mass is 592 g/mol. The average molecular weight is 593 g/mol. The first-order chi connectivity index (χ1) is 16.2. The van der Waals surface area contributed by atoms with Crippen molar-refractivity contribution in [2.75, 3.05) is 0 Å². The second-order valence-corrected chi connectivity index (χ2v) is 13.2. The lowest BCUT2D eigenvalue weighted by Crippen LogP contribution is -2.58. The van der Waals surface area contributed by atoms with Crippen molar-refractivity contribution in [3.05, 3.63) is 0 Å². The average Bonchev–Trinajstić information content (AvgIpc) is 3.44. The highest BCUT2D eigenvalue weighted by Gasteiger charge is 2.71. The summed E-state index contributed by atoms with van der Waals surface area (Å²) < 4.78 is 81.7. The number of halogens is 6. The Morgan fingerprint density at radius 3 is 1.43 bits per heavy atom. The first kappa shape index (κ1) is 41.1. The topological polar surface area (TPSA) is 46.5 Å². The third kappa shape index (κ3) is 7.69. The van der Waals surface area contributed by atoms with Crippen molar-refractivity contribution in [1.82, 2.24) is 0 Å². The fraction of sp³-hybridized carbons (Fsp3) is 0.968. The van der Waals surface area contributed by atoms with Gasteiger partial charge < -0.3 is 9.84 Å². The van der Waals surface area contributed by atoms with Crippen molar-refractivity contribution in [3.63, 3.8) is 0 Å². The highest BCUT2D eigenvalue weighted by molar-refractivity contribution is 5.74. The van der Waals surface area contributed by atoms with Crippen LogP contribution in [-0.4, -0.2) is 34.6 Å². The molecular formula is C31H58F6O3. The van der Waals surface area contributed by atoms with Crippen LogP contribution >= 0.6 is 0 Å². The predicted octanol–water partition coefficient (Wildman–Crippen LogP) is 9.96. The molecule has 3 nitrogen and oxygen atoms in total. The van der Waals surface area contributed by atoms with Crippen molar-refractivity contribution in [2.45, 2.75) is 134 Å². The molecule has 0 radical (unpaired) electrons. The van der Waals surface area contributed by atoms with Crippen molar-refractivity contribution in [2.24, 2.45) is 59.2 Å². The number of esters is 1. The minimum Gasteiger partial charge on any atom is -0.460 e. The molecule has 10 atom stereocenters. The lowest BCUT2D eigenvalue weighted by atomic mass is 9.72. The van der Waals surface area contributed by atoms with E-state index in [9.17, 15) is 36.2 Å². The molecule has 10 unspecified atom stereocenters. The van der Waals surface area contributed by atoms with E-state index in [1.54, 1.807) is 0 Å². The van der Waals surface area contributed by atoms with Gasteiger partial charge >= 0.3 is 18.3 Å². The minimum absolute atomic E-state index is 0. The quantitative estimate of drug-likeness (QED) is 0.262. The lowest BCUT2D eigenvalue weighted by Gasteiger charge is -2.39. The molecule has 0 amide bonds. The fourth-order valence-corrected chi connectivity index (χ4v) is 7.69. The third-order valence-corrected chi connectivity index (χ3v) is 10.1. The molecule has 4 aliphatic rings. The van der Waals surface area contributed by atoms with E-state index in [0.29, 0.717) is 30.6 Å². The molecule has 4 aliphatic carbocycles. The SMILES string of the molecule is C.C.C.C.CC1C2CC(C(=O)OC(C)(C)C)C(C2)C1C.CC1C2CC(CC(O)(C(F)(F)F)C(F)(F)F)C(C2)C1C. The second kappa shape index (κ2) is 13.5. The third-order valence-electron chi connectivity index (χ3n) is 10.1. The number of hydrogen-bond acceptors (Lipinski definition) is 3. The summed E-state index contributed by atoms with van der Waals surface area (Å²) in [5.74, 6) is 2.82. The van der Waals surface area contributed by atoms with Crippen LogP contribution in [0.5, 0.6) is 0 Å². The highest BCUT2D eigenvalue weighted by atomic mass is 19.4. The van der Waals surface area contributed by atoms with Gasteiger partial charge in [0.25, 0.3) is 5.60 Å². The Hall–Kier alpha value is -0.990. The molecular weight excluding hydrogens is 534 g/mol. The Bertz CT molecular complexity index is 784. The maximum absolute atomic E-state index is 12.7. The molecule has 242 valence electrons. The van der Waals surface area contributed by atoms with Gasteiger partial charge in [0.05, 0.1) is 5.92 Å². The summed E-state index contributed by atoms with van der Waals surface area (Å²) in [5.41, 5.74) is -4.92. The smallest absolute Gasteiger partial charge is 0.426 e. The van der Waals surface area contributed by atoms with Gasteiger partial charge in [-0.1, -0.05) is 57.4 Å². The van der Waals surface area contributed by atoms with Crippen molar-refractivity contribution in [3.8, 4) is 0 Å². The maximum atomic E-state index is 12.7. The minimum atomic E-state index is -5.69. The number of rotatable bonds is 3. The summed E-state index contributed by atoms with van der Waals surface area (Å²) >= 11 is 0. The van der Waals surface area contributed by atoms with Crippen LogP contribution in [0.25, 0.3) is 0 Å². The van der Waals surface area contributed by atoms with E-state index in [-0.39, 0.29) is 64.9 Å². The first-order valence-electron chi connectivity index (χ1n) is 13.3. The molecule has 0 saturated heterocycles. The van der Waals surface area contributed by atoms with Gasteiger partial charge in [-0.3, -0.25) is 4.79 Å². The molecule has 0 heterocycles. The summed E-state index contributed by atoms with van der Waals surface area (Å²) in [5, 5.41) is 9.28. The standard InChI is InChI=1S/C14H24O2.C13H18F6O.4CH4/c1-8-9(2)11-6-10(8)7-12(11)13(15)16-14(3,4)5;1-6-7(2)10-4-8(6)3-9(10)5-11(20,12(14,15)16)13(17,18)19;;;;/h8-12H,6-7H2,1-5H3;6-10,20H,3-5H2,1-2H3;4*1H4. The van der Waals surface area contributed by atoms with Crippen LogP contribution in [0.4, 0.5) is 26.3 Å². The van der Waals surface area contributed by atoms with E-state index in [4.69, 9.17) is 4.74 Å². The van der Waals surface area contributed by atoms with E-state index in [0.717, 1.165) is 18.3 Å². The zero-order chi connectivity index (χ0) is 27.6. The highest BCUT2D eigenvalue weighted by Crippen LogP contribution is 2.59. The first-order valence-corrected chi connectivity index (χ1v) is 13.3. The molecule has 4 fully saturated rings. The lowest BCUT2D eigenvalue weighted by molar-refractivity contribution is -0.373. The summed E-state index contributed by atoms with van der Waals surface area (Å²) in [6.07, 6.45) is -9.32. The van der Waals surface area contributed by atoms with Crippen LogP contribution in [-0.2, 0) is 9.53 Å². The summed E-state index contributed by atoms with van der Waals surface area (Å²) in [6, 6.07) is 0. The van der Waals surface area contributed by atoms with Crippen LogP contribution in [0, 0.1) is 59.2 Å². The normalized spacial score (nSPS) is 36.2. The number of carbonyl (C=O) groups excluding carboxylic acids is 1. The van der Waals surface area contributed by atoms with Gasteiger partial charge in [0.1, 0.15) is 5.60 Å². The molecule has 40 heavy (non-hydrogen) atoms. The fourth-order valence-electron chi connectivity index (χ4n) is 7.69. The van der Waals surface area contributed by atoms with Gasteiger partial charge in [0, 0.05) is 0 Å². The van der Waals surface area contributed by atoms with Crippen LogP contribution < -0.4 is 0 Å². The molecule has 0 aliphatic heterocycles. The Balaban J connectivity index is 0. The van der Waals surface area contributed by atoms with E-state index < -0.39 is 30.3 Å². The largest absolute Gasteiger partial charge is 0.460 e. The molecule has 4 rings (SSSR count). The number of ether oxygens (including phenoxy) is 1. The molecule has 0 aromatic rings. The van der Waals surface area contributed by atoms with Crippen molar-refractivity contribution < 1.29 is 41.0 Å². The summed E-state index contributed by atoms with van der Waals surface area (Å²) in [4.78, 5) is 12.1. The van der Waals surface area contributed by atoms with Gasteiger partial charge in [-0.25, -0.2) is 0 Å². The van der Waals surface area contributed by atoms with Gasteiger partial charge in [-0.2, -0.15) is 26.3 Å². The van der Waals surface area contributed by atoms with E-state index in [1.165, 1.54) is 6.42 Å². The Labute approximate surface area is 240 Å². The Kier molecular flexibility index (Phi) is 13.9. The molecule has 0 aromatic carbocycles. The van der Waals surface area contributed by atoms with E-state index >= 15 is 0 Å². The van der Waals surface area contributed by atoms with Gasteiger partial charge in [0.2, 0.25) is 0 Å². The molecule has 4 saturated carbocycles.